The van der Waals surface area contributed by atoms with E-state index in [-0.39, 0.29) is 17.0 Å². The summed E-state index contributed by atoms with van der Waals surface area (Å²) >= 11 is 0. The fourth-order valence-electron chi connectivity index (χ4n) is 3.68. The zero-order valence-corrected chi connectivity index (χ0v) is 13.6. The van der Waals surface area contributed by atoms with E-state index in [0.29, 0.717) is 41.4 Å². The Bertz CT molecular complexity index is 1090. The normalized spacial score (nSPS) is 14.3. The summed E-state index contributed by atoms with van der Waals surface area (Å²) in [5.74, 6) is -0.0498. The summed E-state index contributed by atoms with van der Waals surface area (Å²) in [6, 6.07) is 12.2. The van der Waals surface area contributed by atoms with Crippen molar-refractivity contribution in [2.75, 3.05) is 0 Å². The highest BCUT2D eigenvalue weighted by atomic mass is 19.4. The molecule has 0 atom stereocenters. The Labute approximate surface area is 147 Å². The zero-order chi connectivity index (χ0) is 18.5. The number of para-hydroxylation sites is 1. The average Bonchev–Trinajstić information content (AvgIpc) is 2.96. The van der Waals surface area contributed by atoms with Crippen LogP contribution in [0.5, 0.6) is 0 Å². The van der Waals surface area contributed by atoms with E-state index in [1.165, 1.54) is 10.6 Å². The van der Waals surface area contributed by atoms with E-state index in [1.807, 2.05) is 6.07 Å². The van der Waals surface area contributed by atoms with Gasteiger partial charge in [0.25, 0.3) is 0 Å². The summed E-state index contributed by atoms with van der Waals surface area (Å²) in [5.41, 5.74) is 0.849. The lowest BCUT2D eigenvalue weighted by atomic mass is 9.94. The van der Waals surface area contributed by atoms with Gasteiger partial charge in [0, 0.05) is 23.1 Å². The third-order valence-electron chi connectivity index (χ3n) is 4.74. The fourth-order valence-corrected chi connectivity index (χ4v) is 3.68. The first kappa shape index (κ1) is 16.4. The Morgan fingerprint density at radius 2 is 1.85 bits per heavy atom. The van der Waals surface area contributed by atoms with Crippen LogP contribution < -0.4 is 0 Å². The molecule has 1 heterocycles. The molecular formula is C20H13F3N2O. The highest BCUT2D eigenvalue weighted by Crippen LogP contribution is 2.40. The first-order valence-electron chi connectivity index (χ1n) is 8.19. The maximum atomic E-state index is 13.6. The number of aromatic nitrogens is 1. The van der Waals surface area contributed by atoms with Gasteiger partial charge in [0.15, 0.2) is 5.78 Å². The van der Waals surface area contributed by atoms with Crippen LogP contribution in [0, 0.1) is 11.3 Å². The summed E-state index contributed by atoms with van der Waals surface area (Å²) in [4.78, 5) is 12.5. The Morgan fingerprint density at radius 3 is 2.58 bits per heavy atom. The minimum atomic E-state index is -4.57. The van der Waals surface area contributed by atoms with Crippen LogP contribution in [0.4, 0.5) is 13.2 Å². The Balaban J connectivity index is 2.14. The van der Waals surface area contributed by atoms with Gasteiger partial charge in [0.2, 0.25) is 0 Å². The number of hydrogen-bond donors (Lipinski definition) is 0. The van der Waals surface area contributed by atoms with Gasteiger partial charge in [-0.1, -0.05) is 18.2 Å². The predicted molar refractivity (Wildman–Crippen MR) is 90.3 cm³/mol. The number of alkyl halides is 3. The van der Waals surface area contributed by atoms with Gasteiger partial charge < -0.3 is 4.57 Å². The van der Waals surface area contributed by atoms with Crippen molar-refractivity contribution in [1.82, 2.24) is 4.57 Å². The van der Waals surface area contributed by atoms with Crippen LogP contribution in [-0.4, -0.2) is 10.4 Å². The van der Waals surface area contributed by atoms with Crippen LogP contribution in [0.25, 0.3) is 16.6 Å². The van der Waals surface area contributed by atoms with Crippen LogP contribution in [0.15, 0.2) is 42.5 Å². The van der Waals surface area contributed by atoms with Gasteiger partial charge in [-0.25, -0.2) is 0 Å². The van der Waals surface area contributed by atoms with Crippen molar-refractivity contribution in [3.63, 3.8) is 0 Å². The number of ketones is 1. The van der Waals surface area contributed by atoms with E-state index < -0.39 is 11.7 Å². The van der Waals surface area contributed by atoms with Gasteiger partial charge in [-0.15, -0.1) is 0 Å². The number of hydrogen-bond acceptors (Lipinski definition) is 2. The van der Waals surface area contributed by atoms with Gasteiger partial charge in [0.1, 0.15) is 0 Å². The minimum Gasteiger partial charge on any atom is -0.312 e. The summed E-state index contributed by atoms with van der Waals surface area (Å²) in [7, 11) is 0. The van der Waals surface area contributed by atoms with Crippen molar-refractivity contribution in [1.29, 1.82) is 5.26 Å². The first-order chi connectivity index (χ1) is 12.4. The van der Waals surface area contributed by atoms with Gasteiger partial charge in [-0.2, -0.15) is 18.4 Å². The van der Waals surface area contributed by atoms with E-state index >= 15 is 0 Å². The summed E-state index contributed by atoms with van der Waals surface area (Å²) in [6.07, 6.45) is -3.06. The van der Waals surface area contributed by atoms with Crippen LogP contribution in [0.1, 0.15) is 40.0 Å². The molecule has 0 saturated heterocycles. The standard InChI is InChI=1S/C20H13F3N2O/c21-20(22,23)14-9-8-12(11-24)10-17(14)25-15-5-2-1-4-13(15)19-16(25)6-3-7-18(19)26/h1-2,4-5,8-10H,3,6-7H2. The molecule has 26 heavy (non-hydrogen) atoms. The molecule has 1 aliphatic rings. The number of benzene rings is 2. The molecule has 0 bridgehead atoms. The lowest BCUT2D eigenvalue weighted by Crippen LogP contribution is -2.16. The molecule has 0 aliphatic heterocycles. The van der Waals surface area contributed by atoms with Gasteiger partial charge >= 0.3 is 6.18 Å². The molecule has 0 radical (unpaired) electrons. The number of halogens is 3. The highest BCUT2D eigenvalue weighted by molar-refractivity contribution is 6.10. The number of rotatable bonds is 1. The highest BCUT2D eigenvalue weighted by Gasteiger charge is 2.36. The quantitative estimate of drug-likeness (QED) is 0.615. The lowest BCUT2D eigenvalue weighted by molar-refractivity contribution is -0.137. The second-order valence-corrected chi connectivity index (χ2v) is 6.29. The van der Waals surface area contributed by atoms with Crippen LogP contribution in [0.2, 0.25) is 0 Å². The third kappa shape index (κ3) is 2.39. The molecule has 130 valence electrons. The van der Waals surface area contributed by atoms with Crippen LogP contribution in [-0.2, 0) is 12.6 Å². The second kappa shape index (κ2) is 5.73. The predicted octanol–water partition coefficient (Wildman–Crippen LogP) is 5.04. The SMILES string of the molecule is N#Cc1ccc(C(F)(F)F)c(-n2c3c(c4ccccc42)C(=O)CCC3)c1. The molecule has 0 N–H and O–H groups in total. The summed E-state index contributed by atoms with van der Waals surface area (Å²) in [5, 5.41) is 9.81. The molecule has 4 rings (SSSR count). The Kier molecular flexibility index (Phi) is 3.62. The smallest absolute Gasteiger partial charge is 0.312 e. The summed E-state index contributed by atoms with van der Waals surface area (Å²) < 4.78 is 42.4. The number of carbonyl (C=O) groups is 1. The molecule has 3 aromatic rings. The second-order valence-electron chi connectivity index (χ2n) is 6.29. The van der Waals surface area contributed by atoms with Crippen molar-refractivity contribution in [3.05, 3.63) is 64.8 Å². The molecule has 0 amide bonds. The first-order valence-corrected chi connectivity index (χ1v) is 8.19. The van der Waals surface area contributed by atoms with Crippen molar-refractivity contribution < 1.29 is 18.0 Å². The largest absolute Gasteiger partial charge is 0.418 e. The molecule has 0 unspecified atom stereocenters. The average molecular weight is 354 g/mol. The Morgan fingerprint density at radius 1 is 1.08 bits per heavy atom. The van der Waals surface area contributed by atoms with E-state index in [2.05, 4.69) is 0 Å². The fraction of sp³-hybridized carbons (Fsp3) is 0.200. The molecule has 6 heteroatoms. The van der Waals surface area contributed by atoms with Crippen LogP contribution in [0.3, 0.4) is 0 Å². The maximum absolute atomic E-state index is 13.6. The molecule has 3 nitrogen and oxygen atoms in total. The van der Waals surface area contributed by atoms with Gasteiger partial charge in [-0.3, -0.25) is 4.79 Å². The van der Waals surface area contributed by atoms with Crippen molar-refractivity contribution in [2.24, 2.45) is 0 Å². The molecule has 1 aromatic heterocycles. The van der Waals surface area contributed by atoms with E-state index in [9.17, 15) is 18.0 Å². The molecule has 1 aliphatic carbocycles. The number of Topliss-reactive ketones (excluding diaryl/α,β-unsaturated/α-hetero) is 1. The van der Waals surface area contributed by atoms with E-state index in [1.54, 1.807) is 24.3 Å². The van der Waals surface area contributed by atoms with Gasteiger partial charge in [-0.05, 0) is 37.1 Å². The topological polar surface area (TPSA) is 45.8 Å². The molecule has 2 aromatic carbocycles. The molecule has 0 saturated carbocycles. The van der Waals surface area contributed by atoms with E-state index in [0.717, 1.165) is 12.1 Å². The molecule has 0 spiro atoms. The van der Waals surface area contributed by atoms with Gasteiger partial charge in [0.05, 0.1) is 28.4 Å². The molecular weight excluding hydrogens is 341 g/mol. The zero-order valence-electron chi connectivity index (χ0n) is 13.6. The number of nitriles is 1. The number of nitrogens with zero attached hydrogens (tertiary/aromatic N) is 2. The van der Waals surface area contributed by atoms with Crippen molar-refractivity contribution in [3.8, 4) is 11.8 Å². The number of carbonyl (C=O) groups excluding carboxylic acids is 1. The van der Waals surface area contributed by atoms with Crippen LogP contribution >= 0.6 is 0 Å². The third-order valence-corrected chi connectivity index (χ3v) is 4.74. The monoisotopic (exact) mass is 354 g/mol. The van der Waals surface area contributed by atoms with Crippen molar-refractivity contribution in [2.45, 2.75) is 25.4 Å². The lowest BCUT2D eigenvalue weighted by Gasteiger charge is -2.19. The molecule has 0 fully saturated rings. The summed E-state index contributed by atoms with van der Waals surface area (Å²) in [6.45, 7) is 0. The Hall–Kier alpha value is -3.07. The maximum Gasteiger partial charge on any atom is 0.418 e. The van der Waals surface area contributed by atoms with E-state index in [4.69, 9.17) is 5.26 Å². The van der Waals surface area contributed by atoms with Crippen molar-refractivity contribution >= 4 is 16.7 Å². The minimum absolute atomic E-state index is 0.0498. The number of fused-ring (bicyclic) bond motifs is 3.